The van der Waals surface area contributed by atoms with E-state index in [0.29, 0.717) is 12.4 Å². The fourth-order valence-electron chi connectivity index (χ4n) is 2.53. The molecule has 0 unspecified atom stereocenters. The Morgan fingerprint density at radius 3 is 2.88 bits per heavy atom. The van der Waals surface area contributed by atoms with Crippen molar-refractivity contribution in [3.05, 3.63) is 41.9 Å². The van der Waals surface area contributed by atoms with Crippen LogP contribution in [0.25, 0.3) is 0 Å². The van der Waals surface area contributed by atoms with Crippen molar-refractivity contribution in [3.63, 3.8) is 0 Å². The summed E-state index contributed by atoms with van der Waals surface area (Å²) in [5, 5.41) is 7.04. The van der Waals surface area contributed by atoms with Gasteiger partial charge in [0.2, 0.25) is 0 Å². The van der Waals surface area contributed by atoms with Crippen LogP contribution < -0.4 is 5.32 Å². The normalized spacial score (nSPS) is 14.0. The SMILES string of the molecule is Cc1cc(NC(=O)N(CC(F)F)C2CC2)n(Cc2ccccn2)n1. The van der Waals surface area contributed by atoms with Gasteiger partial charge in [0, 0.05) is 18.3 Å². The topological polar surface area (TPSA) is 63.1 Å². The first-order valence-corrected chi connectivity index (χ1v) is 7.83. The number of halogens is 2. The lowest BCUT2D eigenvalue weighted by Gasteiger charge is -2.22. The Morgan fingerprint density at radius 2 is 2.25 bits per heavy atom. The van der Waals surface area contributed by atoms with Gasteiger partial charge in [0.1, 0.15) is 5.82 Å². The highest BCUT2D eigenvalue weighted by molar-refractivity contribution is 5.89. The van der Waals surface area contributed by atoms with Gasteiger partial charge in [0.25, 0.3) is 6.43 Å². The molecule has 0 atom stereocenters. The summed E-state index contributed by atoms with van der Waals surface area (Å²) in [6, 6.07) is 6.66. The number of nitrogens with one attached hydrogen (secondary N) is 1. The van der Waals surface area contributed by atoms with Crippen molar-refractivity contribution < 1.29 is 13.6 Å². The second-order valence-corrected chi connectivity index (χ2v) is 5.85. The van der Waals surface area contributed by atoms with E-state index in [1.807, 2.05) is 25.1 Å². The highest BCUT2D eigenvalue weighted by Crippen LogP contribution is 2.28. The number of aromatic nitrogens is 3. The van der Waals surface area contributed by atoms with Gasteiger partial charge in [-0.05, 0) is 31.9 Å². The Labute approximate surface area is 138 Å². The van der Waals surface area contributed by atoms with Crippen molar-refractivity contribution in [2.45, 2.75) is 38.8 Å². The molecule has 3 rings (SSSR count). The minimum absolute atomic E-state index is 0.0905. The first-order valence-electron chi connectivity index (χ1n) is 7.83. The number of rotatable bonds is 6. The molecule has 2 amide bonds. The van der Waals surface area contributed by atoms with E-state index in [1.54, 1.807) is 16.9 Å². The quantitative estimate of drug-likeness (QED) is 0.883. The lowest BCUT2D eigenvalue weighted by atomic mass is 10.3. The van der Waals surface area contributed by atoms with Crippen LogP contribution in [0.4, 0.5) is 19.4 Å². The summed E-state index contributed by atoms with van der Waals surface area (Å²) in [6.07, 6.45) is 0.677. The molecule has 1 saturated carbocycles. The highest BCUT2D eigenvalue weighted by atomic mass is 19.3. The van der Waals surface area contributed by atoms with E-state index in [0.717, 1.165) is 24.2 Å². The zero-order valence-electron chi connectivity index (χ0n) is 13.3. The predicted octanol–water partition coefficient (Wildman–Crippen LogP) is 2.90. The smallest absolute Gasteiger partial charge is 0.316 e. The number of hydrogen-bond acceptors (Lipinski definition) is 3. The monoisotopic (exact) mass is 335 g/mol. The lowest BCUT2D eigenvalue weighted by molar-refractivity contribution is 0.0994. The number of urea groups is 1. The molecule has 128 valence electrons. The van der Waals surface area contributed by atoms with Gasteiger partial charge in [-0.3, -0.25) is 10.3 Å². The van der Waals surface area contributed by atoms with E-state index in [9.17, 15) is 13.6 Å². The summed E-state index contributed by atoms with van der Waals surface area (Å²) in [5.74, 6) is 0.475. The van der Waals surface area contributed by atoms with E-state index in [4.69, 9.17) is 0 Å². The number of hydrogen-bond donors (Lipinski definition) is 1. The summed E-state index contributed by atoms with van der Waals surface area (Å²) in [4.78, 5) is 17.8. The van der Waals surface area contributed by atoms with Crippen molar-refractivity contribution in [2.24, 2.45) is 0 Å². The number of carbonyl (C=O) groups excluding carboxylic acids is 1. The minimum Gasteiger partial charge on any atom is -0.316 e. The minimum atomic E-state index is -2.54. The molecule has 1 N–H and O–H groups in total. The van der Waals surface area contributed by atoms with E-state index in [1.165, 1.54) is 4.90 Å². The molecule has 0 spiro atoms. The number of anilines is 1. The third-order valence-corrected chi connectivity index (χ3v) is 3.76. The molecular formula is C16H19F2N5O. The molecule has 0 radical (unpaired) electrons. The standard InChI is InChI=1S/C16H19F2N5O/c1-11-8-15(23(21-11)9-12-4-2-3-7-19-12)20-16(24)22(10-14(17)18)13-5-6-13/h2-4,7-8,13-14H,5-6,9-10H2,1H3,(H,20,24). The van der Waals surface area contributed by atoms with Crippen molar-refractivity contribution in [1.82, 2.24) is 19.7 Å². The van der Waals surface area contributed by atoms with E-state index in [2.05, 4.69) is 15.4 Å². The number of pyridine rings is 1. The second-order valence-electron chi connectivity index (χ2n) is 5.85. The fourth-order valence-corrected chi connectivity index (χ4v) is 2.53. The first kappa shape index (κ1) is 16.4. The summed E-state index contributed by atoms with van der Waals surface area (Å²) >= 11 is 0. The van der Waals surface area contributed by atoms with Crippen LogP contribution in [0.15, 0.2) is 30.5 Å². The van der Waals surface area contributed by atoms with Gasteiger partial charge in [-0.25, -0.2) is 18.3 Å². The Morgan fingerprint density at radius 1 is 1.46 bits per heavy atom. The van der Waals surface area contributed by atoms with Crippen molar-refractivity contribution in [1.29, 1.82) is 0 Å². The molecule has 1 aliphatic rings. The maximum atomic E-state index is 12.7. The number of alkyl halides is 2. The number of nitrogens with zero attached hydrogens (tertiary/aromatic N) is 4. The van der Waals surface area contributed by atoms with Crippen molar-refractivity contribution >= 4 is 11.8 Å². The molecule has 0 saturated heterocycles. The molecule has 1 fully saturated rings. The molecule has 2 aromatic rings. The molecule has 1 aliphatic carbocycles. The summed E-state index contributed by atoms with van der Waals surface area (Å²) in [7, 11) is 0. The number of amides is 2. The molecule has 0 aromatic carbocycles. The van der Waals surface area contributed by atoms with Crippen LogP contribution in [-0.4, -0.2) is 44.7 Å². The maximum absolute atomic E-state index is 12.7. The molecular weight excluding hydrogens is 316 g/mol. The van der Waals surface area contributed by atoms with Gasteiger partial charge in [0.15, 0.2) is 0 Å². The fraction of sp³-hybridized carbons (Fsp3) is 0.438. The summed E-state index contributed by atoms with van der Waals surface area (Å²) in [6.45, 7) is 1.65. The van der Waals surface area contributed by atoms with Crippen LogP contribution in [0.5, 0.6) is 0 Å². The lowest BCUT2D eigenvalue weighted by Crippen LogP contribution is -2.40. The predicted molar refractivity (Wildman–Crippen MR) is 85.1 cm³/mol. The largest absolute Gasteiger partial charge is 0.323 e. The molecule has 2 heterocycles. The average Bonchev–Trinajstić information content (AvgIpc) is 3.31. The molecule has 8 heteroatoms. The molecule has 6 nitrogen and oxygen atoms in total. The van der Waals surface area contributed by atoms with E-state index < -0.39 is 19.0 Å². The van der Waals surface area contributed by atoms with Crippen LogP contribution in [0.3, 0.4) is 0 Å². The van der Waals surface area contributed by atoms with Crippen LogP contribution in [0.1, 0.15) is 24.2 Å². The van der Waals surface area contributed by atoms with Crippen LogP contribution in [0, 0.1) is 6.92 Å². The average molecular weight is 335 g/mol. The van der Waals surface area contributed by atoms with Gasteiger partial charge in [0.05, 0.1) is 24.5 Å². The van der Waals surface area contributed by atoms with Gasteiger partial charge in [-0.2, -0.15) is 5.10 Å². The zero-order chi connectivity index (χ0) is 17.1. The zero-order valence-corrected chi connectivity index (χ0v) is 13.3. The number of aryl methyl sites for hydroxylation is 1. The van der Waals surface area contributed by atoms with Crippen molar-refractivity contribution in [2.75, 3.05) is 11.9 Å². The molecule has 0 aliphatic heterocycles. The number of carbonyl (C=O) groups is 1. The van der Waals surface area contributed by atoms with Gasteiger partial charge >= 0.3 is 6.03 Å². The van der Waals surface area contributed by atoms with E-state index in [-0.39, 0.29) is 6.04 Å². The third kappa shape index (κ3) is 4.06. The first-order chi connectivity index (χ1) is 11.5. The van der Waals surface area contributed by atoms with Crippen molar-refractivity contribution in [3.8, 4) is 0 Å². The summed E-state index contributed by atoms with van der Waals surface area (Å²) in [5.41, 5.74) is 1.52. The van der Waals surface area contributed by atoms with Gasteiger partial charge in [-0.1, -0.05) is 6.07 Å². The van der Waals surface area contributed by atoms with Gasteiger partial charge in [-0.15, -0.1) is 0 Å². The molecule has 2 aromatic heterocycles. The Kier molecular flexibility index (Phi) is 4.73. The Hall–Kier alpha value is -2.51. The Bertz CT molecular complexity index is 700. The van der Waals surface area contributed by atoms with Crippen LogP contribution >= 0.6 is 0 Å². The summed E-state index contributed by atoms with van der Waals surface area (Å²) < 4.78 is 27.0. The van der Waals surface area contributed by atoms with E-state index >= 15 is 0 Å². The molecule has 24 heavy (non-hydrogen) atoms. The van der Waals surface area contributed by atoms with Gasteiger partial charge < -0.3 is 4.90 Å². The van der Waals surface area contributed by atoms with Crippen LogP contribution in [0.2, 0.25) is 0 Å². The second kappa shape index (κ2) is 6.94. The Balaban J connectivity index is 1.73. The highest BCUT2D eigenvalue weighted by Gasteiger charge is 2.34. The molecule has 0 bridgehead atoms. The van der Waals surface area contributed by atoms with Crippen LogP contribution in [-0.2, 0) is 6.54 Å². The maximum Gasteiger partial charge on any atom is 0.323 e. The third-order valence-electron chi connectivity index (χ3n) is 3.76.